The number of methoxy groups -OCH3 is 1. The molecule has 3 N–H and O–H groups in total. The van der Waals surface area contributed by atoms with E-state index in [1.54, 1.807) is 42.6 Å². The summed E-state index contributed by atoms with van der Waals surface area (Å²) in [5, 5.41) is 2.57. The Morgan fingerprint density at radius 2 is 1.85 bits per heavy atom. The number of allylic oxidation sites excluding steroid dienone is 1. The molecule has 2 rings (SSSR count). The number of rotatable bonds is 7. The Morgan fingerprint density at radius 1 is 1.21 bits per heavy atom. The summed E-state index contributed by atoms with van der Waals surface area (Å²) >= 11 is 3.33. The van der Waals surface area contributed by atoms with Gasteiger partial charge in [-0.3, -0.25) is 15.1 Å². The van der Waals surface area contributed by atoms with Crippen LogP contribution in [0.3, 0.4) is 0 Å². The molecule has 186 valence electrons. The summed E-state index contributed by atoms with van der Waals surface area (Å²) in [7, 11) is 1.29. The second-order valence-electron chi connectivity index (χ2n) is 6.59. The number of nitrogens with two attached hydrogens (primary N) is 1. The van der Waals surface area contributed by atoms with Crippen molar-refractivity contribution in [3.63, 3.8) is 0 Å². The Kier molecular flexibility index (Phi) is 15.1. The maximum absolute atomic E-state index is 13.1. The van der Waals surface area contributed by atoms with Gasteiger partial charge in [0, 0.05) is 33.5 Å². The first-order chi connectivity index (χ1) is 16.3. The first-order valence-corrected chi connectivity index (χ1v) is 12.3. The first-order valence-electron chi connectivity index (χ1n) is 11.5. The van der Waals surface area contributed by atoms with E-state index in [-0.39, 0.29) is 11.7 Å². The van der Waals surface area contributed by atoms with Crippen molar-refractivity contribution < 1.29 is 14.3 Å². The van der Waals surface area contributed by atoms with E-state index in [4.69, 9.17) is 5.73 Å². The molecule has 1 amide bonds. The van der Waals surface area contributed by atoms with Crippen LogP contribution in [0.15, 0.2) is 52.1 Å². The Morgan fingerprint density at radius 3 is 2.32 bits per heavy atom. The molecule has 0 saturated carbocycles. The highest BCUT2D eigenvalue weighted by Gasteiger charge is 2.22. The number of halogens is 1. The predicted molar refractivity (Wildman–Crippen MR) is 146 cm³/mol. The summed E-state index contributed by atoms with van der Waals surface area (Å²) in [6.45, 7) is 13.8. The van der Waals surface area contributed by atoms with Crippen LogP contribution in [-0.2, 0) is 4.74 Å². The van der Waals surface area contributed by atoms with E-state index >= 15 is 0 Å². The number of Topliss-reactive ketones (excluding diaryl/α,β-unsaturated/α-hetero) is 1. The zero-order chi connectivity index (χ0) is 26.3. The smallest absolute Gasteiger partial charge is 0.411 e. The van der Waals surface area contributed by atoms with Gasteiger partial charge in [0.2, 0.25) is 5.78 Å². The monoisotopic (exact) mass is 532 g/mol. The Hall–Kier alpha value is -3.00. The maximum Gasteiger partial charge on any atom is 0.411 e. The Labute approximate surface area is 212 Å². The van der Waals surface area contributed by atoms with Crippen LogP contribution in [0.1, 0.15) is 70.9 Å². The van der Waals surface area contributed by atoms with Crippen LogP contribution in [0.5, 0.6) is 0 Å². The number of nitrogens with one attached hydrogen (secondary N) is 1. The number of amides is 1. The van der Waals surface area contributed by atoms with E-state index in [2.05, 4.69) is 36.0 Å². The van der Waals surface area contributed by atoms with Gasteiger partial charge in [-0.2, -0.15) is 0 Å². The lowest BCUT2D eigenvalue weighted by Gasteiger charge is -2.15. The standard InChI is InChI=1S/C22H25BrN4O3.2C2H6/c1-5-13(3)20(21(28)19-10-7-14(23)12-25-19)27-18(6-2)16-9-8-15(11-17(16)24)26-22(29)30-4;2*1-2/h6-13H,5,24H2,1-4H3,(H,26,29);2*1-2H3/b18-6-,27-20?;;. The zero-order valence-electron chi connectivity index (χ0n) is 21.4. The average Bonchev–Trinajstić information content (AvgIpc) is 2.87. The molecule has 0 aliphatic rings. The summed E-state index contributed by atoms with van der Waals surface area (Å²) in [5.74, 6) is -0.293. The molecule has 0 bridgehead atoms. The van der Waals surface area contributed by atoms with Gasteiger partial charge >= 0.3 is 6.09 Å². The minimum atomic E-state index is -0.585. The summed E-state index contributed by atoms with van der Waals surface area (Å²) in [6.07, 6.45) is 3.54. The number of aliphatic imine (C=N–C) groups is 1. The Balaban J connectivity index is 0.00000258. The number of hydrogen-bond donors (Lipinski definition) is 2. The molecule has 8 heteroatoms. The predicted octanol–water partition coefficient (Wildman–Crippen LogP) is 7.39. The van der Waals surface area contributed by atoms with Gasteiger partial charge in [0.1, 0.15) is 5.69 Å². The van der Waals surface area contributed by atoms with Crippen molar-refractivity contribution in [1.29, 1.82) is 0 Å². The maximum atomic E-state index is 13.1. The largest absolute Gasteiger partial charge is 0.453 e. The molecule has 1 aromatic heterocycles. The second-order valence-corrected chi connectivity index (χ2v) is 7.51. The molecule has 7 nitrogen and oxygen atoms in total. The van der Waals surface area contributed by atoms with Crippen molar-refractivity contribution in [2.24, 2.45) is 10.9 Å². The van der Waals surface area contributed by atoms with Gasteiger partial charge in [0.25, 0.3) is 0 Å². The first kappa shape index (κ1) is 31.0. The molecule has 1 atom stereocenters. The third kappa shape index (κ3) is 9.09. The van der Waals surface area contributed by atoms with Gasteiger partial charge in [-0.15, -0.1) is 0 Å². The third-order valence-corrected chi connectivity index (χ3v) is 5.01. The third-order valence-electron chi connectivity index (χ3n) is 4.55. The van der Waals surface area contributed by atoms with Crippen LogP contribution in [0, 0.1) is 5.92 Å². The number of carbonyl (C=O) groups is 2. The van der Waals surface area contributed by atoms with E-state index in [0.717, 1.165) is 10.9 Å². The summed E-state index contributed by atoms with van der Waals surface area (Å²) in [6, 6.07) is 8.50. The number of benzene rings is 1. The van der Waals surface area contributed by atoms with Crippen molar-refractivity contribution in [3.05, 3.63) is 58.3 Å². The zero-order valence-corrected chi connectivity index (χ0v) is 23.0. The molecule has 1 unspecified atom stereocenters. The van der Waals surface area contributed by atoms with E-state index in [1.807, 2.05) is 48.5 Å². The lowest BCUT2D eigenvalue weighted by molar-refractivity contribution is 0.105. The van der Waals surface area contributed by atoms with Crippen LogP contribution >= 0.6 is 15.9 Å². The van der Waals surface area contributed by atoms with Gasteiger partial charge in [0.05, 0.1) is 18.5 Å². The lowest BCUT2D eigenvalue weighted by Crippen LogP contribution is -2.23. The van der Waals surface area contributed by atoms with E-state index < -0.39 is 6.09 Å². The van der Waals surface area contributed by atoms with Crippen LogP contribution in [-0.4, -0.2) is 29.7 Å². The SMILES string of the molecule is C/C=C(\N=C(C(=O)c1ccc(Br)cn1)C(C)CC)c1ccc(NC(=O)OC)cc1N.CC.CC. The quantitative estimate of drug-likeness (QED) is 0.219. The summed E-state index contributed by atoms with van der Waals surface area (Å²) in [4.78, 5) is 33.4. The van der Waals surface area contributed by atoms with Crippen molar-refractivity contribution in [1.82, 2.24) is 4.98 Å². The highest BCUT2D eigenvalue weighted by molar-refractivity contribution is 9.10. The number of hydrogen-bond acceptors (Lipinski definition) is 6. The number of ether oxygens (including phenoxy) is 1. The number of ketones is 1. The molecule has 0 spiro atoms. The molecule has 0 saturated heterocycles. The molecule has 34 heavy (non-hydrogen) atoms. The highest BCUT2D eigenvalue weighted by Crippen LogP contribution is 2.27. The molecular weight excluding hydrogens is 496 g/mol. The fourth-order valence-electron chi connectivity index (χ4n) is 2.67. The number of carbonyl (C=O) groups excluding carboxylic acids is 2. The topological polar surface area (TPSA) is 107 Å². The van der Waals surface area contributed by atoms with Gasteiger partial charge in [0.15, 0.2) is 0 Å². The van der Waals surface area contributed by atoms with Crippen LogP contribution < -0.4 is 11.1 Å². The highest BCUT2D eigenvalue weighted by atomic mass is 79.9. The molecule has 0 aliphatic heterocycles. The van der Waals surface area contributed by atoms with E-state index in [0.29, 0.717) is 34.0 Å². The fraction of sp³-hybridized carbons (Fsp3) is 0.385. The second kappa shape index (κ2) is 16.6. The average molecular weight is 534 g/mol. The molecule has 0 radical (unpaired) electrons. The van der Waals surface area contributed by atoms with Gasteiger partial charge < -0.3 is 10.5 Å². The number of pyridine rings is 1. The minimum absolute atomic E-state index is 0.0700. The van der Waals surface area contributed by atoms with Crippen LogP contribution in [0.25, 0.3) is 5.70 Å². The molecule has 2 aromatic rings. The van der Waals surface area contributed by atoms with Crippen molar-refractivity contribution in [2.75, 3.05) is 18.2 Å². The van der Waals surface area contributed by atoms with Gasteiger partial charge in [-0.1, -0.05) is 47.6 Å². The molecule has 0 aliphatic carbocycles. The normalized spacial score (nSPS) is 11.8. The van der Waals surface area contributed by atoms with Gasteiger partial charge in [-0.25, -0.2) is 9.79 Å². The van der Waals surface area contributed by atoms with Crippen molar-refractivity contribution in [3.8, 4) is 0 Å². The minimum Gasteiger partial charge on any atom is -0.453 e. The Bertz CT molecular complexity index is 986. The lowest BCUT2D eigenvalue weighted by atomic mass is 9.96. The van der Waals surface area contributed by atoms with E-state index in [9.17, 15) is 9.59 Å². The van der Waals surface area contributed by atoms with E-state index in [1.165, 1.54) is 7.11 Å². The van der Waals surface area contributed by atoms with Crippen molar-refractivity contribution >= 4 is 50.6 Å². The molecule has 0 fully saturated rings. The number of nitrogens with zero attached hydrogens (tertiary/aromatic N) is 2. The molecule has 1 aromatic carbocycles. The number of anilines is 2. The molecular formula is C26H37BrN4O3. The van der Waals surface area contributed by atoms with Crippen molar-refractivity contribution in [2.45, 2.75) is 54.9 Å². The van der Waals surface area contributed by atoms with Crippen LogP contribution in [0.4, 0.5) is 16.2 Å². The fourth-order valence-corrected chi connectivity index (χ4v) is 2.91. The summed E-state index contributed by atoms with van der Waals surface area (Å²) in [5.41, 5.74) is 9.08. The number of nitrogen functional groups attached to an aromatic ring is 1. The number of aromatic nitrogens is 1. The summed E-state index contributed by atoms with van der Waals surface area (Å²) < 4.78 is 5.38. The van der Waals surface area contributed by atoms with Gasteiger partial charge in [-0.05, 0) is 59.6 Å². The van der Waals surface area contributed by atoms with Crippen LogP contribution in [0.2, 0.25) is 0 Å². The molecule has 1 heterocycles.